The summed E-state index contributed by atoms with van der Waals surface area (Å²) in [6.45, 7) is 3.20. The van der Waals surface area contributed by atoms with Crippen molar-refractivity contribution in [2.75, 3.05) is 32.6 Å². The van der Waals surface area contributed by atoms with Crippen LogP contribution in [0.15, 0.2) is 66.7 Å². The van der Waals surface area contributed by atoms with Crippen LogP contribution in [0.2, 0.25) is 0 Å². The van der Waals surface area contributed by atoms with Gasteiger partial charge in [-0.2, -0.15) is 0 Å². The third-order valence-electron chi connectivity index (χ3n) is 6.66. The number of aryl methyl sites for hydroxylation is 3. The zero-order valence-electron chi connectivity index (χ0n) is 19.6. The number of nitrogens with one attached hydrogen (secondary N) is 1. The van der Waals surface area contributed by atoms with Gasteiger partial charge in [0.05, 0.1) is 7.11 Å². The zero-order valence-corrected chi connectivity index (χ0v) is 19.6. The van der Waals surface area contributed by atoms with E-state index in [1.807, 2.05) is 0 Å². The topological polar surface area (TPSA) is 24.5 Å². The van der Waals surface area contributed by atoms with E-state index in [2.05, 4.69) is 84.0 Å². The minimum absolute atomic E-state index is 0.920. The first kappa shape index (κ1) is 22.4. The fraction of sp³-hybridized carbons (Fsp3) is 0.379. The van der Waals surface area contributed by atoms with Crippen LogP contribution >= 0.6 is 0 Å². The van der Waals surface area contributed by atoms with E-state index in [9.17, 15) is 0 Å². The molecular formula is C29H36N2O. The van der Waals surface area contributed by atoms with Crippen LogP contribution in [0.3, 0.4) is 0 Å². The molecule has 3 heteroatoms. The Morgan fingerprint density at radius 2 is 1.56 bits per heavy atom. The molecule has 0 saturated heterocycles. The molecule has 0 atom stereocenters. The number of methoxy groups -OCH3 is 1. The SMILES string of the molecule is COc1ccc(CCCN(C)CCCc2cccc3c2CCc2ccccc2CN3)cc1. The summed E-state index contributed by atoms with van der Waals surface area (Å²) in [6.07, 6.45) is 6.91. The molecule has 0 spiro atoms. The van der Waals surface area contributed by atoms with Gasteiger partial charge in [-0.3, -0.25) is 0 Å². The number of rotatable bonds is 9. The van der Waals surface area contributed by atoms with Gasteiger partial charge in [0.2, 0.25) is 0 Å². The number of anilines is 1. The van der Waals surface area contributed by atoms with Gasteiger partial charge in [0.1, 0.15) is 5.75 Å². The standard InChI is InChI=1S/C29H36N2O/c1-31(20-6-8-23-14-17-27(32-2)18-15-23)21-7-12-25-11-5-13-29-28(25)19-16-24-9-3-4-10-26(24)22-30-29/h3-5,9-11,13-15,17-18,30H,6-8,12,16,19-22H2,1-2H3. The van der Waals surface area contributed by atoms with E-state index in [1.54, 1.807) is 7.11 Å². The van der Waals surface area contributed by atoms with Gasteiger partial charge in [-0.05, 0) is 105 Å². The first-order chi connectivity index (χ1) is 15.7. The van der Waals surface area contributed by atoms with Gasteiger partial charge < -0.3 is 15.0 Å². The number of hydrogen-bond acceptors (Lipinski definition) is 3. The highest BCUT2D eigenvalue weighted by Gasteiger charge is 2.13. The summed E-state index contributed by atoms with van der Waals surface area (Å²) in [4.78, 5) is 2.48. The van der Waals surface area contributed by atoms with Crippen molar-refractivity contribution in [3.05, 3.63) is 94.5 Å². The predicted molar refractivity (Wildman–Crippen MR) is 135 cm³/mol. The second-order valence-corrected chi connectivity index (χ2v) is 8.92. The molecule has 0 bridgehead atoms. The van der Waals surface area contributed by atoms with Crippen molar-refractivity contribution in [1.82, 2.24) is 4.90 Å². The van der Waals surface area contributed by atoms with Gasteiger partial charge >= 0.3 is 0 Å². The molecule has 0 aromatic heterocycles. The summed E-state index contributed by atoms with van der Waals surface area (Å²) >= 11 is 0. The van der Waals surface area contributed by atoms with Crippen LogP contribution in [0.1, 0.15) is 40.7 Å². The van der Waals surface area contributed by atoms with Gasteiger partial charge in [-0.1, -0.05) is 48.5 Å². The van der Waals surface area contributed by atoms with Gasteiger partial charge in [0.25, 0.3) is 0 Å². The molecule has 1 aliphatic heterocycles. The maximum Gasteiger partial charge on any atom is 0.118 e. The Morgan fingerprint density at radius 3 is 2.34 bits per heavy atom. The van der Waals surface area contributed by atoms with Gasteiger partial charge in [0.15, 0.2) is 0 Å². The molecule has 3 nitrogen and oxygen atoms in total. The van der Waals surface area contributed by atoms with Crippen LogP contribution < -0.4 is 10.1 Å². The third kappa shape index (κ3) is 5.92. The zero-order chi connectivity index (χ0) is 22.2. The summed E-state index contributed by atoms with van der Waals surface area (Å²) in [6, 6.07) is 24.1. The van der Waals surface area contributed by atoms with E-state index in [4.69, 9.17) is 4.74 Å². The van der Waals surface area contributed by atoms with Crippen molar-refractivity contribution in [2.45, 2.75) is 45.1 Å². The average Bonchev–Trinajstić information content (AvgIpc) is 2.81. The van der Waals surface area contributed by atoms with E-state index < -0.39 is 0 Å². The molecule has 1 heterocycles. The molecule has 3 aromatic rings. The highest BCUT2D eigenvalue weighted by atomic mass is 16.5. The van der Waals surface area contributed by atoms with Crippen molar-refractivity contribution < 1.29 is 4.74 Å². The first-order valence-electron chi connectivity index (χ1n) is 12.0. The molecule has 3 aromatic carbocycles. The van der Waals surface area contributed by atoms with Crippen LogP contribution in [0.5, 0.6) is 5.75 Å². The summed E-state index contributed by atoms with van der Waals surface area (Å²) in [5.41, 5.74) is 8.66. The average molecular weight is 429 g/mol. The molecule has 4 rings (SSSR count). The van der Waals surface area contributed by atoms with Crippen molar-refractivity contribution in [1.29, 1.82) is 0 Å². The molecule has 32 heavy (non-hydrogen) atoms. The number of fused-ring (bicyclic) bond motifs is 2. The lowest BCUT2D eigenvalue weighted by atomic mass is 9.92. The highest BCUT2D eigenvalue weighted by molar-refractivity contribution is 5.56. The maximum atomic E-state index is 5.24. The Hall–Kier alpha value is -2.78. The smallest absolute Gasteiger partial charge is 0.118 e. The Labute approximate surface area is 193 Å². The Bertz CT molecular complexity index is 996. The number of benzene rings is 3. The monoisotopic (exact) mass is 428 g/mol. The van der Waals surface area contributed by atoms with Crippen LogP contribution in [-0.4, -0.2) is 32.1 Å². The van der Waals surface area contributed by atoms with Crippen LogP contribution in [0.25, 0.3) is 0 Å². The predicted octanol–water partition coefficient (Wildman–Crippen LogP) is 5.90. The van der Waals surface area contributed by atoms with E-state index in [1.165, 1.54) is 46.3 Å². The van der Waals surface area contributed by atoms with Crippen LogP contribution in [0, 0.1) is 0 Å². The van der Waals surface area contributed by atoms with Gasteiger partial charge in [-0.15, -0.1) is 0 Å². The van der Waals surface area contributed by atoms with E-state index in [0.29, 0.717) is 0 Å². The molecule has 168 valence electrons. The van der Waals surface area contributed by atoms with E-state index in [-0.39, 0.29) is 0 Å². The molecule has 0 radical (unpaired) electrons. The molecular weight excluding hydrogens is 392 g/mol. The minimum atomic E-state index is 0.920. The van der Waals surface area contributed by atoms with Crippen molar-refractivity contribution in [3.63, 3.8) is 0 Å². The lowest BCUT2D eigenvalue weighted by Crippen LogP contribution is -2.22. The van der Waals surface area contributed by atoms with Crippen LogP contribution in [-0.2, 0) is 32.2 Å². The van der Waals surface area contributed by atoms with Crippen molar-refractivity contribution >= 4 is 5.69 Å². The van der Waals surface area contributed by atoms with Crippen LogP contribution in [0.4, 0.5) is 5.69 Å². The summed E-state index contributed by atoms with van der Waals surface area (Å²) < 4.78 is 5.24. The summed E-state index contributed by atoms with van der Waals surface area (Å²) in [5, 5.41) is 3.69. The normalized spacial score (nSPS) is 13.0. The number of nitrogens with zero attached hydrogens (tertiary/aromatic N) is 1. The fourth-order valence-corrected chi connectivity index (χ4v) is 4.75. The van der Waals surface area contributed by atoms with Crippen molar-refractivity contribution in [2.24, 2.45) is 0 Å². The van der Waals surface area contributed by atoms with Crippen molar-refractivity contribution in [3.8, 4) is 5.75 Å². The quantitative estimate of drug-likeness (QED) is 0.459. The lowest BCUT2D eigenvalue weighted by Gasteiger charge is -2.22. The summed E-state index contributed by atoms with van der Waals surface area (Å²) in [5.74, 6) is 0.930. The minimum Gasteiger partial charge on any atom is -0.497 e. The molecule has 0 fully saturated rings. The second kappa shape index (κ2) is 11.2. The molecule has 0 saturated carbocycles. The molecule has 0 unspecified atom stereocenters. The second-order valence-electron chi connectivity index (χ2n) is 8.92. The first-order valence-corrected chi connectivity index (χ1v) is 12.0. The highest BCUT2D eigenvalue weighted by Crippen LogP contribution is 2.27. The molecule has 1 aliphatic rings. The number of hydrogen-bond donors (Lipinski definition) is 1. The molecule has 1 N–H and O–H groups in total. The van der Waals surface area contributed by atoms with Gasteiger partial charge in [0, 0.05) is 12.2 Å². The van der Waals surface area contributed by atoms with E-state index >= 15 is 0 Å². The maximum absolute atomic E-state index is 5.24. The molecule has 0 amide bonds. The third-order valence-corrected chi connectivity index (χ3v) is 6.66. The number of ether oxygens (including phenoxy) is 1. The molecule has 0 aliphatic carbocycles. The lowest BCUT2D eigenvalue weighted by molar-refractivity contribution is 0.325. The Kier molecular flexibility index (Phi) is 7.84. The Balaban J connectivity index is 1.25. The fourth-order valence-electron chi connectivity index (χ4n) is 4.75. The van der Waals surface area contributed by atoms with E-state index in [0.717, 1.165) is 51.1 Å². The Morgan fingerprint density at radius 1 is 0.812 bits per heavy atom. The summed E-state index contributed by atoms with van der Waals surface area (Å²) in [7, 11) is 3.97. The largest absolute Gasteiger partial charge is 0.497 e. The van der Waals surface area contributed by atoms with Gasteiger partial charge in [-0.25, -0.2) is 0 Å².